The second-order valence-electron chi connectivity index (χ2n) is 6.60. The van der Waals surface area contributed by atoms with E-state index >= 15 is 0 Å². The fourth-order valence-electron chi connectivity index (χ4n) is 3.55. The molecule has 1 aliphatic carbocycles. The molecule has 0 radical (unpaired) electrons. The lowest BCUT2D eigenvalue weighted by Gasteiger charge is -2.16. The van der Waals surface area contributed by atoms with Crippen molar-refractivity contribution >= 4 is 17.7 Å². The first kappa shape index (κ1) is 18.0. The molecule has 1 saturated carbocycles. The highest BCUT2D eigenvalue weighted by Crippen LogP contribution is 2.33. The second-order valence-corrected chi connectivity index (χ2v) is 7.37. The number of amides is 1. The average Bonchev–Trinajstić information content (AvgIpc) is 3.30. The Morgan fingerprint density at radius 2 is 2.12 bits per heavy atom. The molecule has 0 bridgehead atoms. The number of hydrogen-bond acceptors (Lipinski definition) is 5. The molecule has 2 aromatic heterocycles. The molecule has 2 heterocycles. The van der Waals surface area contributed by atoms with Crippen molar-refractivity contribution in [1.29, 1.82) is 0 Å². The van der Waals surface area contributed by atoms with Crippen LogP contribution in [-0.2, 0) is 6.42 Å². The Morgan fingerprint density at radius 1 is 1.36 bits per heavy atom. The van der Waals surface area contributed by atoms with Crippen molar-refractivity contribution < 1.29 is 9.21 Å². The van der Waals surface area contributed by atoms with Gasteiger partial charge in [0.15, 0.2) is 5.16 Å². The number of aryl methyl sites for hydroxylation is 3. The monoisotopic (exact) mass is 362 g/mol. The molecule has 7 heteroatoms. The Balaban J connectivity index is 1.55. The van der Waals surface area contributed by atoms with E-state index in [-0.39, 0.29) is 5.91 Å². The maximum absolute atomic E-state index is 12.2. The first-order chi connectivity index (χ1) is 12.1. The van der Waals surface area contributed by atoms with Crippen LogP contribution in [0.3, 0.4) is 0 Å². The molecule has 6 nitrogen and oxygen atoms in total. The summed E-state index contributed by atoms with van der Waals surface area (Å²) in [6, 6.07) is 2.32. The van der Waals surface area contributed by atoms with Crippen LogP contribution in [0.25, 0.3) is 0 Å². The minimum Gasteiger partial charge on any atom is -0.466 e. The van der Waals surface area contributed by atoms with E-state index in [4.69, 9.17) is 4.42 Å². The normalized spacial score (nSPS) is 15.0. The molecule has 0 aliphatic heterocycles. The fourth-order valence-corrected chi connectivity index (χ4v) is 4.12. The lowest BCUT2D eigenvalue weighted by Crippen LogP contribution is -2.25. The summed E-state index contributed by atoms with van der Waals surface area (Å²) in [5.41, 5.74) is 0.622. The van der Waals surface area contributed by atoms with E-state index in [1.165, 1.54) is 25.7 Å². The van der Waals surface area contributed by atoms with Gasteiger partial charge in [-0.3, -0.25) is 4.79 Å². The Labute approximate surface area is 152 Å². The van der Waals surface area contributed by atoms with Crippen LogP contribution in [0.5, 0.6) is 0 Å². The smallest absolute Gasteiger partial charge is 0.254 e. The van der Waals surface area contributed by atoms with Gasteiger partial charge in [0, 0.05) is 19.0 Å². The largest absolute Gasteiger partial charge is 0.466 e. The summed E-state index contributed by atoms with van der Waals surface area (Å²) in [5, 5.41) is 12.7. The van der Waals surface area contributed by atoms with Crippen LogP contribution in [0.4, 0.5) is 0 Å². The second kappa shape index (κ2) is 8.08. The van der Waals surface area contributed by atoms with E-state index in [1.54, 1.807) is 17.8 Å². The number of carbonyl (C=O) groups excluding carboxylic acids is 1. The van der Waals surface area contributed by atoms with Crippen molar-refractivity contribution in [2.45, 2.75) is 63.6 Å². The number of furan rings is 1. The van der Waals surface area contributed by atoms with Crippen LogP contribution in [0.2, 0.25) is 0 Å². The first-order valence-electron chi connectivity index (χ1n) is 8.93. The zero-order chi connectivity index (χ0) is 17.8. The number of rotatable bonds is 7. The highest BCUT2D eigenvalue weighted by Gasteiger charge is 2.23. The molecular weight excluding hydrogens is 336 g/mol. The predicted octanol–water partition coefficient (Wildman–Crippen LogP) is 3.69. The first-order valence-corrected chi connectivity index (χ1v) is 10.2. The number of nitrogens with zero attached hydrogens (tertiary/aromatic N) is 3. The van der Waals surface area contributed by atoms with Crippen molar-refractivity contribution in [2.75, 3.05) is 12.8 Å². The van der Waals surface area contributed by atoms with Gasteiger partial charge in [-0.25, -0.2) is 0 Å². The van der Waals surface area contributed by atoms with Crippen LogP contribution >= 0.6 is 11.8 Å². The van der Waals surface area contributed by atoms with Crippen LogP contribution < -0.4 is 5.32 Å². The zero-order valence-electron chi connectivity index (χ0n) is 15.2. The lowest BCUT2D eigenvalue weighted by molar-refractivity contribution is 0.0951. The van der Waals surface area contributed by atoms with Gasteiger partial charge in [-0.2, -0.15) is 0 Å². The van der Waals surface area contributed by atoms with Crippen LogP contribution in [0.15, 0.2) is 15.6 Å². The molecule has 2 aromatic rings. The molecule has 1 aliphatic rings. The van der Waals surface area contributed by atoms with Crippen molar-refractivity contribution in [2.24, 2.45) is 0 Å². The fraction of sp³-hybridized carbons (Fsp3) is 0.611. The van der Waals surface area contributed by atoms with Gasteiger partial charge in [-0.1, -0.05) is 24.6 Å². The predicted molar refractivity (Wildman–Crippen MR) is 98.1 cm³/mol. The van der Waals surface area contributed by atoms with E-state index < -0.39 is 0 Å². The van der Waals surface area contributed by atoms with Gasteiger partial charge < -0.3 is 14.3 Å². The van der Waals surface area contributed by atoms with Gasteiger partial charge in [-0.15, -0.1) is 10.2 Å². The SMILES string of the molecule is CSc1nnc(CCCNC(=O)c2cc(C)oc2C)n1C1CCCC1. The van der Waals surface area contributed by atoms with Gasteiger partial charge in [0.25, 0.3) is 5.91 Å². The van der Waals surface area contributed by atoms with Crippen LogP contribution in [0, 0.1) is 13.8 Å². The van der Waals surface area contributed by atoms with Crippen molar-refractivity contribution in [3.8, 4) is 0 Å². The number of nitrogens with one attached hydrogen (secondary N) is 1. The Kier molecular flexibility index (Phi) is 5.83. The van der Waals surface area contributed by atoms with Crippen molar-refractivity contribution in [3.05, 3.63) is 29.0 Å². The van der Waals surface area contributed by atoms with E-state index in [9.17, 15) is 4.79 Å². The summed E-state index contributed by atoms with van der Waals surface area (Å²) in [5.74, 6) is 2.40. The third-order valence-corrected chi connectivity index (χ3v) is 5.40. The minimum absolute atomic E-state index is 0.0728. The van der Waals surface area contributed by atoms with Gasteiger partial charge in [0.2, 0.25) is 0 Å². The molecule has 0 spiro atoms. The molecular formula is C18H26N4O2S. The third kappa shape index (κ3) is 4.08. The van der Waals surface area contributed by atoms with Crippen LogP contribution in [0.1, 0.15) is 65.8 Å². The summed E-state index contributed by atoms with van der Waals surface area (Å²) in [7, 11) is 0. The number of hydrogen-bond donors (Lipinski definition) is 1. The van der Waals surface area contributed by atoms with Crippen molar-refractivity contribution in [3.63, 3.8) is 0 Å². The summed E-state index contributed by atoms with van der Waals surface area (Å²) in [4.78, 5) is 12.2. The molecule has 0 atom stereocenters. The molecule has 0 aromatic carbocycles. The van der Waals surface area contributed by atoms with Crippen molar-refractivity contribution in [1.82, 2.24) is 20.1 Å². The molecule has 136 valence electrons. The highest BCUT2D eigenvalue weighted by atomic mass is 32.2. The number of thioether (sulfide) groups is 1. The number of aromatic nitrogens is 3. The van der Waals surface area contributed by atoms with E-state index in [0.29, 0.717) is 23.9 Å². The van der Waals surface area contributed by atoms with E-state index in [1.807, 2.05) is 13.8 Å². The summed E-state index contributed by atoms with van der Waals surface area (Å²) in [6.45, 7) is 4.29. The number of carbonyl (C=O) groups is 1. The quantitative estimate of drug-likeness (QED) is 0.601. The Hall–Kier alpha value is -1.76. The molecule has 1 amide bonds. The van der Waals surface area contributed by atoms with E-state index in [2.05, 4.69) is 26.3 Å². The van der Waals surface area contributed by atoms with Gasteiger partial charge in [0.1, 0.15) is 17.3 Å². The summed E-state index contributed by atoms with van der Waals surface area (Å²) < 4.78 is 7.74. The highest BCUT2D eigenvalue weighted by molar-refractivity contribution is 7.98. The maximum atomic E-state index is 12.2. The molecule has 3 rings (SSSR count). The molecule has 0 unspecified atom stereocenters. The molecule has 0 saturated heterocycles. The Morgan fingerprint density at radius 3 is 2.76 bits per heavy atom. The topological polar surface area (TPSA) is 73.0 Å². The maximum Gasteiger partial charge on any atom is 0.254 e. The van der Waals surface area contributed by atoms with Gasteiger partial charge >= 0.3 is 0 Å². The van der Waals surface area contributed by atoms with Gasteiger partial charge in [0.05, 0.1) is 5.56 Å². The molecule has 1 fully saturated rings. The molecule has 25 heavy (non-hydrogen) atoms. The summed E-state index contributed by atoms with van der Waals surface area (Å²) >= 11 is 1.66. The Bertz CT molecular complexity index is 732. The lowest BCUT2D eigenvalue weighted by atomic mass is 10.2. The average molecular weight is 362 g/mol. The molecule has 1 N–H and O–H groups in total. The third-order valence-electron chi connectivity index (χ3n) is 4.76. The van der Waals surface area contributed by atoms with Gasteiger partial charge in [-0.05, 0) is 45.4 Å². The minimum atomic E-state index is -0.0728. The van der Waals surface area contributed by atoms with E-state index in [0.717, 1.165) is 29.6 Å². The van der Waals surface area contributed by atoms with Crippen LogP contribution in [-0.4, -0.2) is 33.5 Å². The standard InChI is InChI=1S/C18H26N4O2S/c1-12-11-15(13(2)24-12)17(23)19-10-6-9-16-20-21-18(25-3)22(16)14-7-4-5-8-14/h11,14H,4-10H2,1-3H3,(H,19,23). The zero-order valence-corrected chi connectivity index (χ0v) is 16.0. The summed E-state index contributed by atoms with van der Waals surface area (Å²) in [6.07, 6.45) is 8.73.